The molecule has 6 heteroatoms. The van der Waals surface area contributed by atoms with Crippen molar-refractivity contribution in [2.75, 3.05) is 6.61 Å². The largest absolute Gasteiger partial charge is 0.494 e. The number of aryl methyl sites for hydroxylation is 1. The van der Waals surface area contributed by atoms with E-state index in [1.54, 1.807) is 36.4 Å². The van der Waals surface area contributed by atoms with E-state index in [4.69, 9.17) is 22.1 Å². The van der Waals surface area contributed by atoms with Crippen LogP contribution in [0.25, 0.3) is 0 Å². The Morgan fingerprint density at radius 3 is 2.56 bits per heavy atom. The van der Waals surface area contributed by atoms with Gasteiger partial charge in [-0.15, -0.1) is 0 Å². The van der Waals surface area contributed by atoms with Gasteiger partial charge < -0.3 is 15.8 Å². The van der Waals surface area contributed by atoms with Crippen molar-refractivity contribution in [3.8, 4) is 5.75 Å². The number of rotatable bonds is 8. The van der Waals surface area contributed by atoms with Crippen LogP contribution in [0.15, 0.2) is 48.5 Å². The van der Waals surface area contributed by atoms with Crippen molar-refractivity contribution in [1.29, 1.82) is 0 Å². The van der Waals surface area contributed by atoms with Crippen LogP contribution in [0.4, 0.5) is 0 Å². The maximum Gasteiger partial charge on any atom is 0.244 e. The molecule has 0 bridgehead atoms. The Kier molecular flexibility index (Phi) is 6.83. The molecule has 0 unspecified atom stereocenters. The molecule has 0 aliphatic heterocycles. The standard InChI is InChI=1S/C19H21ClN2O3/c1-13-12-15(9-10-16(13)20)25-11-5-8-17(23)22-18(19(21)24)14-6-3-2-4-7-14/h2-4,6-7,9-10,12,18H,5,8,11H2,1H3,(H2,21,24)(H,22,23)/t18-/m1/s1. The van der Waals surface area contributed by atoms with Crippen LogP contribution >= 0.6 is 11.6 Å². The van der Waals surface area contributed by atoms with Gasteiger partial charge in [-0.3, -0.25) is 9.59 Å². The van der Waals surface area contributed by atoms with Crippen molar-refractivity contribution >= 4 is 23.4 Å². The van der Waals surface area contributed by atoms with E-state index in [1.807, 2.05) is 19.1 Å². The molecule has 2 rings (SSSR count). The molecular weight excluding hydrogens is 340 g/mol. The minimum absolute atomic E-state index is 0.239. The lowest BCUT2D eigenvalue weighted by Crippen LogP contribution is -2.37. The zero-order chi connectivity index (χ0) is 18.2. The minimum Gasteiger partial charge on any atom is -0.494 e. The van der Waals surface area contributed by atoms with Gasteiger partial charge in [0.25, 0.3) is 0 Å². The summed E-state index contributed by atoms with van der Waals surface area (Å²) in [6.07, 6.45) is 0.761. The van der Waals surface area contributed by atoms with Crippen LogP contribution in [0.5, 0.6) is 5.75 Å². The molecule has 25 heavy (non-hydrogen) atoms. The molecule has 2 amide bonds. The highest BCUT2D eigenvalue weighted by Crippen LogP contribution is 2.21. The van der Waals surface area contributed by atoms with Crippen LogP contribution in [0, 0.1) is 6.92 Å². The number of nitrogens with two attached hydrogens (primary N) is 1. The molecule has 0 saturated carbocycles. The molecule has 0 aliphatic rings. The second-order valence-electron chi connectivity index (χ2n) is 5.68. The molecule has 5 nitrogen and oxygen atoms in total. The number of nitrogens with one attached hydrogen (secondary N) is 1. The molecule has 0 radical (unpaired) electrons. The lowest BCUT2D eigenvalue weighted by Gasteiger charge is -2.16. The third-order valence-electron chi connectivity index (χ3n) is 3.67. The molecular formula is C19H21ClN2O3. The highest BCUT2D eigenvalue weighted by molar-refractivity contribution is 6.31. The Hall–Kier alpha value is -2.53. The van der Waals surface area contributed by atoms with Gasteiger partial charge in [-0.2, -0.15) is 0 Å². The van der Waals surface area contributed by atoms with E-state index in [9.17, 15) is 9.59 Å². The second kappa shape index (κ2) is 9.08. The topological polar surface area (TPSA) is 81.4 Å². The fraction of sp³-hybridized carbons (Fsp3) is 0.263. The zero-order valence-electron chi connectivity index (χ0n) is 14.0. The summed E-state index contributed by atoms with van der Waals surface area (Å²) >= 11 is 5.96. The average Bonchev–Trinajstić information content (AvgIpc) is 2.60. The summed E-state index contributed by atoms with van der Waals surface area (Å²) in [5, 5.41) is 3.35. The first kappa shape index (κ1) is 18.8. The average molecular weight is 361 g/mol. The van der Waals surface area contributed by atoms with Crippen molar-refractivity contribution in [1.82, 2.24) is 5.32 Å². The van der Waals surface area contributed by atoms with Crippen LogP contribution < -0.4 is 15.8 Å². The van der Waals surface area contributed by atoms with Crippen LogP contribution in [-0.2, 0) is 9.59 Å². The lowest BCUT2D eigenvalue weighted by atomic mass is 10.1. The number of halogens is 1. The van der Waals surface area contributed by atoms with E-state index < -0.39 is 11.9 Å². The van der Waals surface area contributed by atoms with Gasteiger partial charge >= 0.3 is 0 Å². The molecule has 2 aromatic rings. The Bertz CT molecular complexity index is 735. The molecule has 1 atom stereocenters. The number of amides is 2. The van der Waals surface area contributed by atoms with Crippen LogP contribution in [0.2, 0.25) is 5.02 Å². The normalized spacial score (nSPS) is 11.6. The molecule has 0 aliphatic carbocycles. The summed E-state index contributed by atoms with van der Waals surface area (Å²) in [4.78, 5) is 23.6. The van der Waals surface area contributed by atoms with E-state index >= 15 is 0 Å². The Morgan fingerprint density at radius 1 is 1.20 bits per heavy atom. The maximum absolute atomic E-state index is 12.0. The highest BCUT2D eigenvalue weighted by Gasteiger charge is 2.19. The van der Waals surface area contributed by atoms with Gasteiger partial charge in [0, 0.05) is 11.4 Å². The summed E-state index contributed by atoms with van der Waals surface area (Å²) in [6, 6.07) is 13.5. The first-order valence-electron chi connectivity index (χ1n) is 8.00. The van der Waals surface area contributed by atoms with Gasteiger partial charge in [0.15, 0.2) is 0 Å². The van der Waals surface area contributed by atoms with E-state index in [0.29, 0.717) is 29.4 Å². The molecule has 132 valence electrons. The number of carbonyl (C=O) groups is 2. The molecule has 3 N–H and O–H groups in total. The number of hydrogen-bond acceptors (Lipinski definition) is 3. The van der Waals surface area contributed by atoms with E-state index in [0.717, 1.165) is 5.56 Å². The van der Waals surface area contributed by atoms with Gasteiger partial charge in [-0.05, 0) is 42.7 Å². The van der Waals surface area contributed by atoms with E-state index in [1.165, 1.54) is 0 Å². The predicted octanol–water partition coefficient (Wildman–Crippen LogP) is 3.15. The number of carbonyl (C=O) groups excluding carboxylic acids is 2. The summed E-state index contributed by atoms with van der Waals surface area (Å²) in [7, 11) is 0. The predicted molar refractivity (Wildman–Crippen MR) is 97.4 cm³/mol. The highest BCUT2D eigenvalue weighted by atomic mass is 35.5. The van der Waals surface area contributed by atoms with Crippen LogP contribution in [0.1, 0.15) is 30.0 Å². The monoisotopic (exact) mass is 360 g/mol. The second-order valence-corrected chi connectivity index (χ2v) is 6.08. The van der Waals surface area contributed by atoms with Crippen LogP contribution in [0.3, 0.4) is 0 Å². The molecule has 0 fully saturated rings. The van der Waals surface area contributed by atoms with E-state index in [-0.39, 0.29) is 12.3 Å². The Balaban J connectivity index is 1.79. The summed E-state index contributed by atoms with van der Waals surface area (Å²) in [6.45, 7) is 2.29. The van der Waals surface area contributed by atoms with Gasteiger partial charge in [0.2, 0.25) is 11.8 Å². The van der Waals surface area contributed by atoms with E-state index in [2.05, 4.69) is 5.32 Å². The van der Waals surface area contributed by atoms with Crippen molar-refractivity contribution < 1.29 is 14.3 Å². The van der Waals surface area contributed by atoms with Crippen LogP contribution in [-0.4, -0.2) is 18.4 Å². The van der Waals surface area contributed by atoms with Gasteiger partial charge in [-0.25, -0.2) is 0 Å². The SMILES string of the molecule is Cc1cc(OCCCC(=O)N[C@@H](C(N)=O)c2ccccc2)ccc1Cl. The van der Waals surface area contributed by atoms with Gasteiger partial charge in [0.1, 0.15) is 11.8 Å². The first-order chi connectivity index (χ1) is 12.0. The molecule has 0 spiro atoms. The number of hydrogen-bond donors (Lipinski definition) is 2. The van der Waals surface area contributed by atoms with Crippen molar-refractivity contribution in [2.45, 2.75) is 25.8 Å². The number of ether oxygens (including phenoxy) is 1. The summed E-state index contributed by atoms with van der Waals surface area (Å²) < 4.78 is 5.60. The van der Waals surface area contributed by atoms with Gasteiger partial charge in [-0.1, -0.05) is 41.9 Å². The molecule has 0 saturated heterocycles. The third-order valence-corrected chi connectivity index (χ3v) is 4.09. The fourth-order valence-electron chi connectivity index (χ4n) is 2.33. The Labute approximate surface area is 152 Å². The number of benzene rings is 2. The fourth-order valence-corrected chi connectivity index (χ4v) is 2.44. The minimum atomic E-state index is -0.825. The molecule has 2 aromatic carbocycles. The smallest absolute Gasteiger partial charge is 0.244 e. The summed E-state index contributed by atoms with van der Waals surface area (Å²) in [5.74, 6) is -0.127. The van der Waals surface area contributed by atoms with Gasteiger partial charge in [0.05, 0.1) is 6.61 Å². The van der Waals surface area contributed by atoms with Crippen molar-refractivity contribution in [2.24, 2.45) is 5.73 Å². The first-order valence-corrected chi connectivity index (χ1v) is 8.37. The maximum atomic E-state index is 12.0. The lowest BCUT2D eigenvalue weighted by molar-refractivity contribution is -0.127. The molecule has 0 aromatic heterocycles. The third kappa shape index (κ3) is 5.80. The van der Waals surface area contributed by atoms with Crippen molar-refractivity contribution in [3.05, 3.63) is 64.7 Å². The quantitative estimate of drug-likeness (QED) is 0.709. The zero-order valence-corrected chi connectivity index (χ0v) is 14.8. The Morgan fingerprint density at radius 2 is 1.92 bits per heavy atom. The van der Waals surface area contributed by atoms with Crippen molar-refractivity contribution in [3.63, 3.8) is 0 Å². The number of primary amides is 1. The molecule has 0 heterocycles. The summed E-state index contributed by atoms with van der Waals surface area (Å²) in [5.41, 5.74) is 6.98.